The molecule has 164 valence electrons. The van der Waals surface area contributed by atoms with E-state index in [0.29, 0.717) is 50.5 Å². The van der Waals surface area contributed by atoms with Crippen molar-refractivity contribution < 1.29 is 28.6 Å². The van der Waals surface area contributed by atoms with Crippen molar-refractivity contribution in [2.24, 2.45) is 0 Å². The number of rotatable bonds is 7. The first-order valence-electron chi connectivity index (χ1n) is 10.3. The molecule has 2 aromatic rings. The molecule has 1 heterocycles. The smallest absolute Gasteiger partial charge is 0.493 e. The van der Waals surface area contributed by atoms with Crippen LogP contribution in [0.25, 0.3) is 0 Å². The number of benzene rings is 2. The minimum Gasteiger partial charge on any atom is -0.493 e. The molecule has 0 aromatic heterocycles. The van der Waals surface area contributed by atoms with Crippen molar-refractivity contribution in [2.75, 3.05) is 39.4 Å². The summed E-state index contributed by atoms with van der Waals surface area (Å²) in [5.41, 5.74) is 0.493. The molecule has 1 aliphatic rings. The fraction of sp³-hybridized carbons (Fsp3) is 0.348. The van der Waals surface area contributed by atoms with E-state index in [1.54, 1.807) is 41.0 Å². The molecular formula is C23H26N2O6. The van der Waals surface area contributed by atoms with Gasteiger partial charge in [0.15, 0.2) is 0 Å². The van der Waals surface area contributed by atoms with Crippen LogP contribution in [0, 0.1) is 0 Å². The molecule has 8 nitrogen and oxygen atoms in total. The van der Waals surface area contributed by atoms with Gasteiger partial charge in [-0.15, -0.1) is 0 Å². The largest absolute Gasteiger partial charge is 0.513 e. The maximum absolute atomic E-state index is 12.7. The highest BCUT2D eigenvalue weighted by Gasteiger charge is 2.24. The van der Waals surface area contributed by atoms with Gasteiger partial charge >= 0.3 is 6.16 Å². The van der Waals surface area contributed by atoms with Gasteiger partial charge in [0.2, 0.25) is 5.91 Å². The summed E-state index contributed by atoms with van der Waals surface area (Å²) in [7, 11) is 0. The molecular weight excluding hydrogens is 400 g/mol. The topological polar surface area (TPSA) is 85.4 Å². The van der Waals surface area contributed by atoms with Gasteiger partial charge in [-0.3, -0.25) is 9.59 Å². The molecule has 2 amide bonds. The van der Waals surface area contributed by atoms with Crippen molar-refractivity contribution >= 4 is 18.0 Å². The van der Waals surface area contributed by atoms with E-state index >= 15 is 0 Å². The predicted octanol–water partition coefficient (Wildman–Crippen LogP) is 2.98. The van der Waals surface area contributed by atoms with E-state index in [0.717, 1.165) is 5.75 Å². The minimum atomic E-state index is -0.781. The molecule has 0 bridgehead atoms. The second kappa shape index (κ2) is 11.0. The van der Waals surface area contributed by atoms with Gasteiger partial charge in [-0.2, -0.15) is 0 Å². The van der Waals surface area contributed by atoms with Crippen molar-refractivity contribution in [1.29, 1.82) is 0 Å². The second-order valence-electron chi connectivity index (χ2n) is 6.89. The van der Waals surface area contributed by atoms with Gasteiger partial charge in [0.05, 0.1) is 19.6 Å². The minimum absolute atomic E-state index is 0.0171. The summed E-state index contributed by atoms with van der Waals surface area (Å²) in [4.78, 5) is 39.9. The van der Waals surface area contributed by atoms with Crippen LogP contribution in [0.2, 0.25) is 0 Å². The molecule has 0 unspecified atom stereocenters. The van der Waals surface area contributed by atoms with Crippen LogP contribution in [-0.2, 0) is 9.53 Å². The molecule has 8 heteroatoms. The summed E-state index contributed by atoms with van der Waals surface area (Å²) in [6, 6.07) is 15.7. The van der Waals surface area contributed by atoms with Crippen LogP contribution in [0.15, 0.2) is 54.6 Å². The van der Waals surface area contributed by atoms with E-state index in [1.165, 1.54) is 0 Å². The summed E-state index contributed by atoms with van der Waals surface area (Å²) >= 11 is 0. The van der Waals surface area contributed by atoms with Crippen LogP contribution >= 0.6 is 0 Å². The molecule has 2 aromatic carbocycles. The van der Waals surface area contributed by atoms with E-state index in [-0.39, 0.29) is 18.4 Å². The lowest BCUT2D eigenvalue weighted by molar-refractivity contribution is -0.133. The number of amides is 2. The van der Waals surface area contributed by atoms with Crippen LogP contribution < -0.4 is 9.47 Å². The number of carbonyl (C=O) groups excluding carboxylic acids is 3. The summed E-state index contributed by atoms with van der Waals surface area (Å²) in [6.07, 6.45) is -0.485. The van der Waals surface area contributed by atoms with Crippen molar-refractivity contribution in [1.82, 2.24) is 9.80 Å². The summed E-state index contributed by atoms with van der Waals surface area (Å²) in [6.45, 7) is 4.14. The van der Waals surface area contributed by atoms with E-state index in [2.05, 4.69) is 0 Å². The van der Waals surface area contributed by atoms with Crippen LogP contribution in [0.3, 0.4) is 0 Å². The monoisotopic (exact) mass is 426 g/mol. The van der Waals surface area contributed by atoms with Gasteiger partial charge in [-0.25, -0.2) is 4.79 Å². The average Bonchev–Trinajstić information content (AvgIpc) is 2.80. The van der Waals surface area contributed by atoms with Crippen LogP contribution in [-0.4, -0.2) is 67.2 Å². The number of carbonyl (C=O) groups is 3. The van der Waals surface area contributed by atoms with Crippen LogP contribution in [0.1, 0.15) is 23.7 Å². The standard InChI is InChI=1S/C23H26N2O6/c1-2-29-23(28)31-20-10-8-18(9-11-20)22(27)25-15-13-24(14-16-25)21(26)12-17-30-19-6-4-3-5-7-19/h3-11H,2,12-17H2,1H3. The van der Waals surface area contributed by atoms with Gasteiger partial charge in [-0.1, -0.05) is 18.2 Å². The maximum atomic E-state index is 12.7. The Hall–Kier alpha value is -3.55. The Balaban J connectivity index is 1.42. The molecule has 0 spiro atoms. The van der Waals surface area contributed by atoms with Gasteiger partial charge in [-0.05, 0) is 43.3 Å². The number of piperazine rings is 1. The average molecular weight is 426 g/mol. The highest BCUT2D eigenvalue weighted by molar-refractivity contribution is 5.94. The SMILES string of the molecule is CCOC(=O)Oc1ccc(C(=O)N2CCN(C(=O)CCOc3ccccc3)CC2)cc1. The summed E-state index contributed by atoms with van der Waals surface area (Å²) < 4.78 is 15.3. The summed E-state index contributed by atoms with van der Waals surface area (Å²) in [5, 5.41) is 0. The molecule has 1 saturated heterocycles. The third-order valence-electron chi connectivity index (χ3n) is 4.81. The number of hydrogen-bond donors (Lipinski definition) is 0. The van der Waals surface area contributed by atoms with Crippen molar-refractivity contribution in [2.45, 2.75) is 13.3 Å². The lowest BCUT2D eigenvalue weighted by Gasteiger charge is -2.35. The normalized spacial score (nSPS) is 13.5. The molecule has 1 fully saturated rings. The molecule has 0 saturated carbocycles. The van der Waals surface area contributed by atoms with Crippen molar-refractivity contribution in [3.8, 4) is 11.5 Å². The van der Waals surface area contributed by atoms with Gasteiger partial charge in [0.1, 0.15) is 11.5 Å². The van der Waals surface area contributed by atoms with Crippen LogP contribution in [0.5, 0.6) is 11.5 Å². The van der Waals surface area contributed by atoms with Crippen molar-refractivity contribution in [3.63, 3.8) is 0 Å². The summed E-state index contributed by atoms with van der Waals surface area (Å²) in [5.74, 6) is 0.943. The third-order valence-corrected chi connectivity index (χ3v) is 4.81. The fourth-order valence-electron chi connectivity index (χ4n) is 3.18. The molecule has 0 radical (unpaired) electrons. The molecule has 1 aliphatic heterocycles. The highest BCUT2D eigenvalue weighted by Crippen LogP contribution is 2.16. The zero-order valence-electron chi connectivity index (χ0n) is 17.5. The Morgan fingerprint density at radius 1 is 0.839 bits per heavy atom. The maximum Gasteiger partial charge on any atom is 0.513 e. The predicted molar refractivity (Wildman–Crippen MR) is 113 cm³/mol. The molecule has 0 atom stereocenters. The molecule has 31 heavy (non-hydrogen) atoms. The Morgan fingerprint density at radius 3 is 2.13 bits per heavy atom. The van der Waals surface area contributed by atoms with E-state index in [4.69, 9.17) is 14.2 Å². The van der Waals surface area contributed by atoms with E-state index in [9.17, 15) is 14.4 Å². The third kappa shape index (κ3) is 6.47. The lowest BCUT2D eigenvalue weighted by atomic mass is 10.1. The number of ether oxygens (including phenoxy) is 3. The lowest BCUT2D eigenvalue weighted by Crippen LogP contribution is -2.50. The number of nitrogens with zero attached hydrogens (tertiary/aromatic N) is 2. The van der Waals surface area contributed by atoms with Gasteiger partial charge in [0, 0.05) is 31.7 Å². The first-order valence-corrected chi connectivity index (χ1v) is 10.3. The van der Waals surface area contributed by atoms with Gasteiger partial charge < -0.3 is 24.0 Å². The zero-order chi connectivity index (χ0) is 22.1. The highest BCUT2D eigenvalue weighted by atomic mass is 16.7. The first-order chi connectivity index (χ1) is 15.1. The van der Waals surface area contributed by atoms with Crippen molar-refractivity contribution in [3.05, 3.63) is 60.2 Å². The Kier molecular flexibility index (Phi) is 7.86. The number of para-hydroxylation sites is 1. The number of hydrogen-bond acceptors (Lipinski definition) is 6. The Morgan fingerprint density at radius 2 is 1.48 bits per heavy atom. The van der Waals surface area contributed by atoms with Gasteiger partial charge in [0.25, 0.3) is 5.91 Å². The first kappa shape index (κ1) is 22.1. The quantitative estimate of drug-likeness (QED) is 0.500. The second-order valence-corrected chi connectivity index (χ2v) is 6.89. The fourth-order valence-corrected chi connectivity index (χ4v) is 3.18. The molecule has 0 N–H and O–H groups in total. The van der Waals surface area contributed by atoms with Crippen LogP contribution in [0.4, 0.5) is 4.79 Å². The Bertz CT molecular complexity index is 877. The van der Waals surface area contributed by atoms with E-state index < -0.39 is 6.16 Å². The molecule has 0 aliphatic carbocycles. The molecule has 3 rings (SSSR count). The van der Waals surface area contributed by atoms with E-state index in [1.807, 2.05) is 30.3 Å². The zero-order valence-corrected chi connectivity index (χ0v) is 17.5. The Labute approximate surface area is 181 Å².